The Morgan fingerprint density at radius 3 is 2.65 bits per heavy atom. The summed E-state index contributed by atoms with van der Waals surface area (Å²) in [5, 5.41) is 31.2. The van der Waals surface area contributed by atoms with E-state index in [1.807, 2.05) is 12.1 Å². The molecule has 0 fully saturated rings. The number of hydrogen-bond donors (Lipinski definition) is 1. The number of aryl methyl sites for hydroxylation is 2. The van der Waals surface area contributed by atoms with Gasteiger partial charge in [-0.2, -0.15) is 15.5 Å². The molecule has 2 aromatic heterocycles. The van der Waals surface area contributed by atoms with Crippen LogP contribution in [0.15, 0.2) is 36.5 Å². The van der Waals surface area contributed by atoms with E-state index in [0.717, 1.165) is 4.68 Å². The highest BCUT2D eigenvalue weighted by Gasteiger charge is 2.30. The lowest BCUT2D eigenvalue weighted by Gasteiger charge is -2.09. The van der Waals surface area contributed by atoms with Crippen molar-refractivity contribution in [1.29, 1.82) is 5.26 Å². The number of rotatable bonds is 4. The van der Waals surface area contributed by atoms with E-state index in [4.69, 9.17) is 0 Å². The summed E-state index contributed by atoms with van der Waals surface area (Å²) in [6.07, 6.45) is 1.31. The van der Waals surface area contributed by atoms with Crippen molar-refractivity contribution < 1.29 is 9.72 Å². The summed E-state index contributed by atoms with van der Waals surface area (Å²) in [7, 11) is 1.44. The van der Waals surface area contributed by atoms with E-state index < -0.39 is 10.8 Å². The highest BCUT2D eigenvalue weighted by Crippen LogP contribution is 2.25. The van der Waals surface area contributed by atoms with Crippen LogP contribution in [0.3, 0.4) is 0 Å². The second kappa shape index (κ2) is 6.48. The van der Waals surface area contributed by atoms with Crippen molar-refractivity contribution in [3.63, 3.8) is 0 Å². The van der Waals surface area contributed by atoms with Crippen molar-refractivity contribution >= 4 is 17.4 Å². The summed E-state index contributed by atoms with van der Waals surface area (Å²) in [4.78, 5) is 23.3. The molecule has 0 bridgehead atoms. The molecule has 1 amide bonds. The quantitative estimate of drug-likeness (QED) is 0.564. The van der Waals surface area contributed by atoms with Crippen LogP contribution in [-0.2, 0) is 7.05 Å². The minimum atomic E-state index is -0.756. The van der Waals surface area contributed by atoms with Gasteiger partial charge in [0.2, 0.25) is 5.69 Å². The normalized spacial score (nSPS) is 10.3. The van der Waals surface area contributed by atoms with E-state index in [-0.39, 0.29) is 28.5 Å². The first-order chi connectivity index (χ1) is 12.4. The largest absolute Gasteiger partial charge is 0.322 e. The molecule has 10 heteroatoms. The van der Waals surface area contributed by atoms with Crippen LogP contribution >= 0.6 is 0 Å². The number of nitro groups is 1. The van der Waals surface area contributed by atoms with Crippen LogP contribution in [0.2, 0.25) is 0 Å². The first-order valence-corrected chi connectivity index (χ1v) is 7.47. The number of benzene rings is 1. The molecule has 0 spiro atoms. The Morgan fingerprint density at radius 2 is 2.04 bits per heavy atom. The molecule has 0 saturated heterocycles. The van der Waals surface area contributed by atoms with E-state index >= 15 is 0 Å². The van der Waals surface area contributed by atoms with E-state index in [0.29, 0.717) is 5.69 Å². The van der Waals surface area contributed by atoms with Gasteiger partial charge in [-0.1, -0.05) is 18.2 Å². The van der Waals surface area contributed by atoms with E-state index in [1.165, 1.54) is 24.9 Å². The van der Waals surface area contributed by atoms with Crippen molar-refractivity contribution in [3.05, 3.63) is 63.6 Å². The lowest BCUT2D eigenvalue weighted by atomic mass is 10.2. The number of hydrogen-bond acceptors (Lipinski definition) is 6. The number of nitrogens with zero attached hydrogens (tertiary/aromatic N) is 6. The zero-order chi connectivity index (χ0) is 18.8. The number of carbonyl (C=O) groups is 1. The van der Waals surface area contributed by atoms with Crippen molar-refractivity contribution in [2.45, 2.75) is 6.92 Å². The lowest BCUT2D eigenvalue weighted by Crippen LogP contribution is -2.20. The molecule has 10 nitrogen and oxygen atoms in total. The lowest BCUT2D eigenvalue weighted by molar-refractivity contribution is -0.385. The zero-order valence-electron chi connectivity index (χ0n) is 13.9. The molecule has 1 aromatic carbocycles. The fourth-order valence-corrected chi connectivity index (χ4v) is 2.60. The smallest absolute Gasteiger partial charge is 0.304 e. The minimum Gasteiger partial charge on any atom is -0.304 e. The predicted molar refractivity (Wildman–Crippen MR) is 90.8 cm³/mol. The van der Waals surface area contributed by atoms with E-state index in [2.05, 4.69) is 15.5 Å². The van der Waals surface area contributed by atoms with Crippen molar-refractivity contribution in [1.82, 2.24) is 19.6 Å². The number of nitriles is 1. The summed E-state index contributed by atoms with van der Waals surface area (Å²) in [5.41, 5.74) is 0.287. The summed E-state index contributed by atoms with van der Waals surface area (Å²) >= 11 is 0. The molecular formula is C16H13N7O3. The Hall–Kier alpha value is -4.00. The molecule has 0 unspecified atom stereocenters. The monoisotopic (exact) mass is 351 g/mol. The summed E-state index contributed by atoms with van der Waals surface area (Å²) in [6, 6.07) is 10.8. The van der Waals surface area contributed by atoms with Gasteiger partial charge in [-0.3, -0.25) is 19.6 Å². The van der Waals surface area contributed by atoms with Gasteiger partial charge in [0.05, 0.1) is 16.8 Å². The first-order valence-electron chi connectivity index (χ1n) is 7.47. The number of para-hydroxylation sites is 1. The van der Waals surface area contributed by atoms with Gasteiger partial charge >= 0.3 is 5.69 Å². The average molecular weight is 351 g/mol. The Bertz CT molecular complexity index is 1040. The molecule has 0 radical (unpaired) electrons. The van der Waals surface area contributed by atoms with Gasteiger partial charge in [0.25, 0.3) is 5.91 Å². The first kappa shape index (κ1) is 16.8. The van der Waals surface area contributed by atoms with Crippen LogP contribution in [0.5, 0.6) is 0 Å². The molecule has 26 heavy (non-hydrogen) atoms. The third-order valence-electron chi connectivity index (χ3n) is 3.71. The third-order valence-corrected chi connectivity index (χ3v) is 3.71. The fraction of sp³-hybridized carbons (Fsp3) is 0.125. The van der Waals surface area contributed by atoms with Crippen molar-refractivity contribution in [2.24, 2.45) is 7.05 Å². The Labute approximate surface area is 147 Å². The third kappa shape index (κ3) is 2.78. The topological polar surface area (TPSA) is 132 Å². The van der Waals surface area contributed by atoms with Crippen LogP contribution in [0.1, 0.15) is 21.7 Å². The molecule has 0 aliphatic rings. The van der Waals surface area contributed by atoms with Crippen molar-refractivity contribution in [3.8, 4) is 11.8 Å². The molecule has 1 N–H and O–H groups in total. The Kier molecular flexibility index (Phi) is 4.20. The molecule has 0 atom stereocenters. The Morgan fingerprint density at radius 1 is 1.35 bits per heavy atom. The molecule has 3 aromatic rings. The van der Waals surface area contributed by atoms with Crippen LogP contribution in [0.4, 0.5) is 11.5 Å². The van der Waals surface area contributed by atoms with Gasteiger partial charge in [0.15, 0.2) is 5.82 Å². The number of anilines is 1. The van der Waals surface area contributed by atoms with E-state index in [9.17, 15) is 20.2 Å². The second-order valence-electron chi connectivity index (χ2n) is 5.38. The van der Waals surface area contributed by atoms with Crippen LogP contribution < -0.4 is 5.32 Å². The van der Waals surface area contributed by atoms with Crippen LogP contribution in [-0.4, -0.2) is 30.4 Å². The summed E-state index contributed by atoms with van der Waals surface area (Å²) < 4.78 is 2.52. The highest BCUT2D eigenvalue weighted by atomic mass is 16.6. The number of aromatic nitrogens is 4. The standard InChI is InChI=1S/C16H13N7O3/c1-10-13(23(25)26)14(21(2)20-10)16(24)19-15-11(8-17)9-18-22(15)12-6-4-3-5-7-12/h3-7,9H,1-2H3,(H,19,24). The van der Waals surface area contributed by atoms with Gasteiger partial charge in [0.1, 0.15) is 17.3 Å². The molecule has 3 rings (SSSR count). The van der Waals surface area contributed by atoms with Crippen LogP contribution in [0, 0.1) is 28.4 Å². The maximum Gasteiger partial charge on any atom is 0.322 e. The Balaban J connectivity index is 2.06. The highest BCUT2D eigenvalue weighted by molar-refractivity contribution is 6.06. The summed E-state index contributed by atoms with van der Waals surface area (Å²) in [5.74, 6) is -0.633. The SMILES string of the molecule is Cc1nn(C)c(C(=O)Nc2c(C#N)cnn2-c2ccccc2)c1[N+](=O)[O-]. The maximum absolute atomic E-state index is 12.7. The predicted octanol–water partition coefficient (Wildman–Crippen LogP) is 1.95. The molecule has 130 valence electrons. The van der Waals surface area contributed by atoms with Gasteiger partial charge in [-0.25, -0.2) is 4.68 Å². The zero-order valence-corrected chi connectivity index (χ0v) is 13.9. The maximum atomic E-state index is 12.7. The number of amides is 1. The number of nitrogens with one attached hydrogen (secondary N) is 1. The molecule has 0 saturated carbocycles. The molecule has 2 heterocycles. The van der Waals surface area contributed by atoms with Gasteiger partial charge in [0, 0.05) is 7.05 Å². The average Bonchev–Trinajstić information content (AvgIpc) is 3.15. The van der Waals surface area contributed by atoms with Gasteiger partial charge in [-0.05, 0) is 19.1 Å². The van der Waals surface area contributed by atoms with Crippen LogP contribution in [0.25, 0.3) is 5.69 Å². The second-order valence-corrected chi connectivity index (χ2v) is 5.38. The molecular weight excluding hydrogens is 338 g/mol. The van der Waals surface area contributed by atoms with Gasteiger partial charge < -0.3 is 5.32 Å². The number of carbonyl (C=O) groups excluding carboxylic acids is 1. The van der Waals surface area contributed by atoms with Crippen molar-refractivity contribution in [2.75, 3.05) is 5.32 Å². The van der Waals surface area contributed by atoms with Gasteiger partial charge in [-0.15, -0.1) is 0 Å². The van der Waals surface area contributed by atoms with E-state index in [1.54, 1.807) is 24.3 Å². The summed E-state index contributed by atoms with van der Waals surface area (Å²) in [6.45, 7) is 1.45. The fourth-order valence-electron chi connectivity index (χ4n) is 2.60. The molecule has 0 aliphatic carbocycles. The molecule has 0 aliphatic heterocycles. The minimum absolute atomic E-state index is 0.122.